The predicted octanol–water partition coefficient (Wildman–Crippen LogP) is 1.28. The van der Waals surface area contributed by atoms with Crippen LogP contribution in [0.2, 0.25) is 0 Å². The molecule has 4 heteroatoms. The van der Waals surface area contributed by atoms with Gasteiger partial charge in [-0.05, 0) is 18.9 Å². The number of phenols is 1. The monoisotopic (exact) mass is 234 g/mol. The molecule has 1 aliphatic rings. The second-order valence-electron chi connectivity index (χ2n) is 4.67. The summed E-state index contributed by atoms with van der Waals surface area (Å²) in [7, 11) is 0. The third-order valence-corrected chi connectivity index (χ3v) is 3.38. The minimum absolute atomic E-state index is 0.113. The molecule has 2 rings (SSSR count). The topological polar surface area (TPSA) is 75.4 Å². The van der Waals surface area contributed by atoms with Crippen molar-refractivity contribution in [3.05, 3.63) is 29.8 Å². The van der Waals surface area contributed by atoms with Gasteiger partial charge in [-0.2, -0.15) is 0 Å². The average molecular weight is 234 g/mol. The molecule has 1 aromatic rings. The highest BCUT2D eigenvalue weighted by Gasteiger charge is 2.36. The largest absolute Gasteiger partial charge is 0.508 e. The van der Waals surface area contributed by atoms with Crippen LogP contribution < -0.4 is 11.1 Å². The van der Waals surface area contributed by atoms with Crippen molar-refractivity contribution in [2.75, 3.05) is 0 Å². The van der Waals surface area contributed by atoms with Crippen LogP contribution >= 0.6 is 0 Å². The Bertz CT molecular complexity index is 412. The summed E-state index contributed by atoms with van der Waals surface area (Å²) in [6, 6.07) is 6.97. The molecule has 0 aromatic heterocycles. The van der Waals surface area contributed by atoms with Gasteiger partial charge in [0, 0.05) is 12.1 Å². The fraction of sp³-hybridized carbons (Fsp3) is 0.462. The fourth-order valence-electron chi connectivity index (χ4n) is 2.24. The van der Waals surface area contributed by atoms with Crippen LogP contribution in [0.15, 0.2) is 24.3 Å². The van der Waals surface area contributed by atoms with Crippen molar-refractivity contribution >= 4 is 5.91 Å². The summed E-state index contributed by atoms with van der Waals surface area (Å²) in [6.45, 7) is 0.324. The zero-order valence-corrected chi connectivity index (χ0v) is 9.78. The van der Waals surface area contributed by atoms with Gasteiger partial charge in [-0.3, -0.25) is 4.79 Å². The van der Waals surface area contributed by atoms with Gasteiger partial charge in [0.05, 0.1) is 5.54 Å². The van der Waals surface area contributed by atoms with Gasteiger partial charge in [0.1, 0.15) is 5.75 Å². The third kappa shape index (κ3) is 2.58. The van der Waals surface area contributed by atoms with Crippen molar-refractivity contribution in [1.82, 2.24) is 5.32 Å². The molecule has 0 atom stereocenters. The van der Waals surface area contributed by atoms with Crippen LogP contribution in [0.5, 0.6) is 5.75 Å². The lowest BCUT2D eigenvalue weighted by Crippen LogP contribution is -2.51. The maximum absolute atomic E-state index is 11.9. The Morgan fingerprint density at radius 1 is 1.35 bits per heavy atom. The number of hydrogen-bond donors (Lipinski definition) is 3. The molecule has 0 radical (unpaired) electrons. The molecule has 92 valence electrons. The van der Waals surface area contributed by atoms with Gasteiger partial charge >= 0.3 is 0 Å². The summed E-state index contributed by atoms with van der Waals surface area (Å²) in [5.41, 5.74) is 6.04. The van der Waals surface area contributed by atoms with Gasteiger partial charge in [-0.25, -0.2) is 0 Å². The number of carbonyl (C=O) groups is 1. The number of phenolic OH excluding ortho intramolecular Hbond substituents is 1. The molecule has 4 N–H and O–H groups in total. The first-order valence-corrected chi connectivity index (χ1v) is 5.96. The molecule has 0 bridgehead atoms. The van der Waals surface area contributed by atoms with Gasteiger partial charge in [-0.15, -0.1) is 0 Å². The second-order valence-corrected chi connectivity index (χ2v) is 4.67. The smallest absolute Gasteiger partial charge is 0.240 e. The molecule has 1 aliphatic carbocycles. The Morgan fingerprint density at radius 2 is 2.00 bits per heavy atom. The molecule has 1 amide bonds. The van der Waals surface area contributed by atoms with E-state index in [-0.39, 0.29) is 11.7 Å². The summed E-state index contributed by atoms with van der Waals surface area (Å²) >= 11 is 0. The summed E-state index contributed by atoms with van der Waals surface area (Å²) in [5.74, 6) is 0.0866. The van der Waals surface area contributed by atoms with E-state index in [9.17, 15) is 9.90 Å². The van der Waals surface area contributed by atoms with Crippen LogP contribution in [-0.2, 0) is 11.3 Å². The number of aromatic hydroxyl groups is 1. The van der Waals surface area contributed by atoms with Crippen LogP contribution in [-0.4, -0.2) is 16.6 Å². The summed E-state index contributed by atoms with van der Waals surface area (Å²) < 4.78 is 0. The molecule has 1 aromatic carbocycles. The van der Waals surface area contributed by atoms with Crippen molar-refractivity contribution in [3.8, 4) is 5.75 Å². The Balaban J connectivity index is 1.94. The maximum atomic E-state index is 11.9. The van der Waals surface area contributed by atoms with Gasteiger partial charge in [0.15, 0.2) is 0 Å². The first-order chi connectivity index (χ1) is 8.12. The fourth-order valence-corrected chi connectivity index (χ4v) is 2.24. The van der Waals surface area contributed by atoms with E-state index in [1.165, 1.54) is 0 Å². The second kappa shape index (κ2) is 4.75. The maximum Gasteiger partial charge on any atom is 0.240 e. The van der Waals surface area contributed by atoms with Crippen molar-refractivity contribution in [2.24, 2.45) is 5.73 Å². The molecule has 0 spiro atoms. The zero-order valence-electron chi connectivity index (χ0n) is 9.78. The summed E-state index contributed by atoms with van der Waals surface area (Å²) in [5, 5.41) is 12.4. The number of para-hydroxylation sites is 1. The average Bonchev–Trinajstić information content (AvgIpc) is 2.76. The minimum Gasteiger partial charge on any atom is -0.508 e. The van der Waals surface area contributed by atoms with Crippen molar-refractivity contribution in [2.45, 2.75) is 37.8 Å². The Labute approximate surface area is 101 Å². The quantitative estimate of drug-likeness (QED) is 0.737. The van der Waals surface area contributed by atoms with Crippen LogP contribution in [0.1, 0.15) is 31.2 Å². The Morgan fingerprint density at radius 3 is 2.65 bits per heavy atom. The van der Waals surface area contributed by atoms with E-state index in [4.69, 9.17) is 5.73 Å². The molecule has 4 nitrogen and oxygen atoms in total. The number of hydrogen-bond acceptors (Lipinski definition) is 3. The van der Waals surface area contributed by atoms with Crippen LogP contribution in [0.3, 0.4) is 0 Å². The number of benzene rings is 1. The van der Waals surface area contributed by atoms with Crippen LogP contribution in [0, 0.1) is 0 Å². The van der Waals surface area contributed by atoms with Gasteiger partial charge in [0.2, 0.25) is 5.91 Å². The Kier molecular flexibility index (Phi) is 3.33. The number of amides is 1. The normalized spacial score (nSPS) is 17.9. The first-order valence-electron chi connectivity index (χ1n) is 5.96. The predicted molar refractivity (Wildman–Crippen MR) is 65.3 cm³/mol. The minimum atomic E-state index is -0.704. The zero-order chi connectivity index (χ0) is 12.3. The van der Waals surface area contributed by atoms with Crippen LogP contribution in [0.25, 0.3) is 0 Å². The highest BCUT2D eigenvalue weighted by atomic mass is 16.3. The van der Waals surface area contributed by atoms with Gasteiger partial charge < -0.3 is 16.2 Å². The SMILES string of the molecule is NC1(C(=O)NCc2ccccc2O)CCCC1. The highest BCUT2D eigenvalue weighted by molar-refractivity contribution is 5.86. The number of carbonyl (C=O) groups excluding carboxylic acids is 1. The summed E-state index contributed by atoms with van der Waals surface area (Å²) in [4.78, 5) is 11.9. The molecule has 0 heterocycles. The lowest BCUT2D eigenvalue weighted by Gasteiger charge is -2.22. The van der Waals surface area contributed by atoms with Gasteiger partial charge in [0.25, 0.3) is 0 Å². The molecule has 1 saturated carbocycles. The van der Waals surface area contributed by atoms with Crippen molar-refractivity contribution in [3.63, 3.8) is 0 Å². The third-order valence-electron chi connectivity index (χ3n) is 3.38. The Hall–Kier alpha value is -1.55. The number of nitrogens with two attached hydrogens (primary N) is 1. The highest BCUT2D eigenvalue weighted by Crippen LogP contribution is 2.27. The van der Waals surface area contributed by atoms with E-state index in [2.05, 4.69) is 5.32 Å². The molecule has 0 unspecified atom stereocenters. The molecule has 0 aliphatic heterocycles. The van der Waals surface area contributed by atoms with Gasteiger partial charge in [-0.1, -0.05) is 31.0 Å². The first kappa shape index (κ1) is 11.9. The van der Waals surface area contributed by atoms with E-state index in [0.717, 1.165) is 25.7 Å². The number of nitrogens with one attached hydrogen (secondary N) is 1. The molecule has 1 fully saturated rings. The lowest BCUT2D eigenvalue weighted by molar-refractivity contribution is -0.126. The van der Waals surface area contributed by atoms with E-state index in [1.54, 1.807) is 18.2 Å². The molecular formula is C13H18N2O2. The standard InChI is InChI=1S/C13H18N2O2/c14-13(7-3-4-8-13)12(17)15-9-10-5-1-2-6-11(10)16/h1-2,5-6,16H,3-4,7-9,14H2,(H,15,17). The van der Waals surface area contributed by atoms with E-state index < -0.39 is 5.54 Å². The molecule has 0 saturated heterocycles. The lowest BCUT2D eigenvalue weighted by atomic mass is 9.98. The number of rotatable bonds is 3. The van der Waals surface area contributed by atoms with Crippen molar-refractivity contribution < 1.29 is 9.90 Å². The van der Waals surface area contributed by atoms with Crippen LogP contribution in [0.4, 0.5) is 0 Å². The summed E-state index contributed by atoms with van der Waals surface area (Å²) in [6.07, 6.45) is 3.53. The van der Waals surface area contributed by atoms with E-state index >= 15 is 0 Å². The van der Waals surface area contributed by atoms with E-state index in [0.29, 0.717) is 12.1 Å². The van der Waals surface area contributed by atoms with E-state index in [1.807, 2.05) is 6.07 Å². The molecular weight excluding hydrogens is 216 g/mol. The van der Waals surface area contributed by atoms with Crippen molar-refractivity contribution in [1.29, 1.82) is 0 Å². The molecule has 17 heavy (non-hydrogen) atoms.